The van der Waals surface area contributed by atoms with Crippen LogP contribution < -0.4 is 11.1 Å². The van der Waals surface area contributed by atoms with E-state index in [0.29, 0.717) is 23.5 Å². The lowest BCUT2D eigenvalue weighted by atomic mass is 9.84. The molecule has 112 valence electrons. The Balaban J connectivity index is 1.69. The number of nitrogens with one attached hydrogen (secondary N) is 1. The van der Waals surface area contributed by atoms with Crippen molar-refractivity contribution >= 4 is 17.0 Å². The van der Waals surface area contributed by atoms with E-state index in [-0.39, 0.29) is 23.7 Å². The molecule has 1 aliphatic rings. The molecular weight excluding hydrogens is 273 g/mol. The van der Waals surface area contributed by atoms with Crippen molar-refractivity contribution in [3.63, 3.8) is 0 Å². The number of nitrogens with two attached hydrogens (primary N) is 1. The van der Waals surface area contributed by atoms with Crippen molar-refractivity contribution in [2.45, 2.75) is 38.3 Å². The van der Waals surface area contributed by atoms with Gasteiger partial charge in [-0.25, -0.2) is 9.37 Å². The monoisotopic (exact) mass is 291 g/mol. The zero-order valence-electron chi connectivity index (χ0n) is 11.6. The van der Waals surface area contributed by atoms with E-state index in [1.807, 2.05) is 0 Å². The Kier molecular flexibility index (Phi) is 3.88. The summed E-state index contributed by atoms with van der Waals surface area (Å²) in [6.07, 6.45) is 3.86. The van der Waals surface area contributed by atoms with Crippen LogP contribution >= 0.6 is 0 Å². The molecule has 5 nitrogen and oxygen atoms in total. The smallest absolute Gasteiger partial charge is 0.222 e. The number of nitrogens with zero attached hydrogens (tertiary/aromatic N) is 1. The molecule has 1 saturated carbocycles. The molecule has 1 aromatic heterocycles. The lowest BCUT2D eigenvalue weighted by molar-refractivity contribution is -0.123. The topological polar surface area (TPSA) is 81.2 Å². The number of rotatable bonds is 4. The van der Waals surface area contributed by atoms with Crippen LogP contribution in [0.1, 0.15) is 31.6 Å². The van der Waals surface area contributed by atoms with Crippen molar-refractivity contribution in [1.82, 2.24) is 10.3 Å². The second-order valence-electron chi connectivity index (χ2n) is 5.50. The van der Waals surface area contributed by atoms with E-state index >= 15 is 0 Å². The van der Waals surface area contributed by atoms with Gasteiger partial charge in [-0.3, -0.25) is 4.79 Å². The first-order valence-electron chi connectivity index (χ1n) is 7.21. The maximum absolute atomic E-state index is 13.1. The van der Waals surface area contributed by atoms with E-state index in [9.17, 15) is 9.18 Å². The van der Waals surface area contributed by atoms with Gasteiger partial charge in [0.15, 0.2) is 5.58 Å². The number of hydrogen-bond donors (Lipinski definition) is 2. The summed E-state index contributed by atoms with van der Waals surface area (Å²) >= 11 is 0. The molecule has 1 heterocycles. The molecule has 0 spiro atoms. The maximum Gasteiger partial charge on any atom is 0.222 e. The minimum atomic E-state index is -0.337. The van der Waals surface area contributed by atoms with Gasteiger partial charge in [0.1, 0.15) is 11.3 Å². The van der Waals surface area contributed by atoms with Gasteiger partial charge in [-0.1, -0.05) is 12.8 Å². The number of carbonyl (C=O) groups is 1. The molecule has 0 radical (unpaired) electrons. The SMILES string of the molecule is NC(=O)[C@H]1CCCC[C@@H]1NCc1nc2cc(F)ccc2o1. The van der Waals surface area contributed by atoms with Crippen LogP contribution in [0.4, 0.5) is 4.39 Å². The molecule has 0 unspecified atom stereocenters. The zero-order valence-corrected chi connectivity index (χ0v) is 11.6. The summed E-state index contributed by atoms with van der Waals surface area (Å²) in [5.74, 6) is -0.242. The lowest BCUT2D eigenvalue weighted by Crippen LogP contribution is -2.44. The molecule has 21 heavy (non-hydrogen) atoms. The Morgan fingerprint density at radius 3 is 3.05 bits per heavy atom. The Hall–Kier alpha value is -1.95. The van der Waals surface area contributed by atoms with Crippen molar-refractivity contribution < 1.29 is 13.6 Å². The number of amides is 1. The minimum Gasteiger partial charge on any atom is -0.439 e. The first kappa shape index (κ1) is 14.0. The van der Waals surface area contributed by atoms with Crippen LogP contribution in [0.2, 0.25) is 0 Å². The van der Waals surface area contributed by atoms with E-state index in [2.05, 4.69) is 10.3 Å². The Labute approximate surface area is 121 Å². The number of carbonyl (C=O) groups excluding carboxylic acids is 1. The molecule has 1 aliphatic carbocycles. The minimum absolute atomic E-state index is 0.0583. The molecule has 0 saturated heterocycles. The van der Waals surface area contributed by atoms with E-state index < -0.39 is 0 Å². The second kappa shape index (κ2) is 5.81. The van der Waals surface area contributed by atoms with E-state index in [1.54, 1.807) is 6.07 Å². The van der Waals surface area contributed by atoms with Crippen LogP contribution in [0.15, 0.2) is 22.6 Å². The predicted octanol–water partition coefficient (Wildman–Crippen LogP) is 2.10. The molecular formula is C15H18FN3O2. The van der Waals surface area contributed by atoms with Gasteiger partial charge in [-0.2, -0.15) is 0 Å². The largest absolute Gasteiger partial charge is 0.439 e. The lowest BCUT2D eigenvalue weighted by Gasteiger charge is -2.29. The molecule has 2 aromatic rings. The number of halogens is 1. The maximum atomic E-state index is 13.1. The molecule has 3 N–H and O–H groups in total. The summed E-state index contributed by atoms with van der Waals surface area (Å²) in [6, 6.07) is 4.31. The highest BCUT2D eigenvalue weighted by Crippen LogP contribution is 2.25. The van der Waals surface area contributed by atoms with Gasteiger partial charge < -0.3 is 15.5 Å². The normalized spacial score (nSPS) is 22.5. The average Bonchev–Trinajstić information content (AvgIpc) is 2.87. The van der Waals surface area contributed by atoms with E-state index in [4.69, 9.17) is 10.2 Å². The highest BCUT2D eigenvalue weighted by Gasteiger charge is 2.29. The van der Waals surface area contributed by atoms with Gasteiger partial charge in [0.05, 0.1) is 12.5 Å². The van der Waals surface area contributed by atoms with Crippen molar-refractivity contribution in [3.05, 3.63) is 29.9 Å². The molecule has 1 aromatic carbocycles. The summed E-state index contributed by atoms with van der Waals surface area (Å²) in [6.45, 7) is 0.407. The Morgan fingerprint density at radius 2 is 2.24 bits per heavy atom. The standard InChI is InChI=1S/C15H18FN3O2/c16-9-5-6-13-12(7-9)19-14(21-13)8-18-11-4-2-1-3-10(11)15(17)20/h5-7,10-11,18H,1-4,8H2,(H2,17,20)/t10-,11-/m0/s1. The summed E-state index contributed by atoms with van der Waals surface area (Å²) in [5, 5.41) is 3.29. The van der Waals surface area contributed by atoms with Crippen LogP contribution in [-0.4, -0.2) is 16.9 Å². The summed E-state index contributed by atoms with van der Waals surface area (Å²) in [7, 11) is 0. The molecule has 0 aliphatic heterocycles. The van der Waals surface area contributed by atoms with Gasteiger partial charge in [0, 0.05) is 12.1 Å². The van der Waals surface area contributed by atoms with Crippen LogP contribution in [0.3, 0.4) is 0 Å². The second-order valence-corrected chi connectivity index (χ2v) is 5.50. The van der Waals surface area contributed by atoms with E-state index in [0.717, 1.165) is 25.7 Å². The van der Waals surface area contributed by atoms with Gasteiger partial charge in [0.25, 0.3) is 0 Å². The van der Waals surface area contributed by atoms with Crippen LogP contribution in [0, 0.1) is 11.7 Å². The highest BCUT2D eigenvalue weighted by molar-refractivity contribution is 5.77. The molecule has 3 rings (SSSR count). The number of benzene rings is 1. The Morgan fingerprint density at radius 1 is 1.43 bits per heavy atom. The number of primary amides is 1. The van der Waals surface area contributed by atoms with Crippen LogP contribution in [0.5, 0.6) is 0 Å². The third-order valence-electron chi connectivity index (χ3n) is 4.04. The third kappa shape index (κ3) is 3.05. The molecule has 0 bridgehead atoms. The highest BCUT2D eigenvalue weighted by atomic mass is 19.1. The zero-order chi connectivity index (χ0) is 14.8. The van der Waals surface area contributed by atoms with Gasteiger partial charge >= 0.3 is 0 Å². The summed E-state index contributed by atoms with van der Waals surface area (Å²) in [4.78, 5) is 15.7. The summed E-state index contributed by atoms with van der Waals surface area (Å²) in [5.41, 5.74) is 6.51. The number of hydrogen-bond acceptors (Lipinski definition) is 4. The number of aromatic nitrogens is 1. The third-order valence-corrected chi connectivity index (χ3v) is 4.04. The fourth-order valence-corrected chi connectivity index (χ4v) is 2.96. The fourth-order valence-electron chi connectivity index (χ4n) is 2.96. The molecule has 1 amide bonds. The van der Waals surface area contributed by atoms with Gasteiger partial charge in [-0.05, 0) is 25.0 Å². The number of oxazole rings is 1. The number of fused-ring (bicyclic) bond motifs is 1. The van der Waals surface area contributed by atoms with Crippen LogP contribution in [-0.2, 0) is 11.3 Å². The average molecular weight is 291 g/mol. The Bertz CT molecular complexity index is 655. The van der Waals surface area contributed by atoms with Crippen LogP contribution in [0.25, 0.3) is 11.1 Å². The first-order chi connectivity index (χ1) is 10.1. The molecule has 2 atom stereocenters. The predicted molar refractivity (Wildman–Crippen MR) is 75.7 cm³/mol. The van der Waals surface area contributed by atoms with Crippen molar-refractivity contribution in [2.75, 3.05) is 0 Å². The van der Waals surface area contributed by atoms with Crippen molar-refractivity contribution in [2.24, 2.45) is 11.7 Å². The molecule has 1 fully saturated rings. The fraction of sp³-hybridized carbons (Fsp3) is 0.467. The van der Waals surface area contributed by atoms with E-state index in [1.165, 1.54) is 12.1 Å². The van der Waals surface area contributed by atoms with Crippen molar-refractivity contribution in [1.29, 1.82) is 0 Å². The summed E-state index contributed by atoms with van der Waals surface area (Å²) < 4.78 is 18.7. The van der Waals surface area contributed by atoms with Gasteiger partial charge in [0.2, 0.25) is 11.8 Å². The molecule has 6 heteroatoms. The first-order valence-corrected chi connectivity index (χ1v) is 7.21. The van der Waals surface area contributed by atoms with Crippen molar-refractivity contribution in [3.8, 4) is 0 Å². The van der Waals surface area contributed by atoms with Gasteiger partial charge in [-0.15, -0.1) is 0 Å². The quantitative estimate of drug-likeness (QED) is 0.904.